The molecule has 1 amide bonds. The molecule has 0 aliphatic heterocycles. The van der Waals surface area contributed by atoms with Crippen molar-refractivity contribution in [2.24, 2.45) is 0 Å². The number of fused-ring (bicyclic) bond motifs is 1. The number of aromatic nitrogens is 5. The molecule has 0 aliphatic rings. The number of anilines is 2. The average Bonchev–Trinajstić information content (AvgIpc) is 3.44. The Kier molecular flexibility index (Phi) is 7.09. The highest BCUT2D eigenvalue weighted by Gasteiger charge is 2.38. The van der Waals surface area contributed by atoms with Crippen molar-refractivity contribution in [3.05, 3.63) is 59.3 Å². The first-order chi connectivity index (χ1) is 17.2. The summed E-state index contributed by atoms with van der Waals surface area (Å²) in [6.45, 7) is 0.342. The molecule has 3 heterocycles. The Bertz CT molecular complexity index is 1460. The first kappa shape index (κ1) is 25.0. The molecule has 0 atom stereocenters. The molecular weight excluding hydrogens is 501 g/mol. The summed E-state index contributed by atoms with van der Waals surface area (Å²) in [6, 6.07) is 6.44. The monoisotopic (exact) mass is 518 g/mol. The van der Waals surface area contributed by atoms with Crippen LogP contribution in [0, 0.1) is 11.3 Å². The number of alkyl halides is 3. The Morgan fingerprint density at radius 2 is 2.11 bits per heavy atom. The zero-order valence-corrected chi connectivity index (χ0v) is 19.4. The number of nitriles is 1. The molecule has 0 unspecified atom stereocenters. The van der Waals surface area contributed by atoms with Gasteiger partial charge in [0.1, 0.15) is 6.54 Å². The van der Waals surface area contributed by atoms with Gasteiger partial charge in [-0.15, -0.1) is 0 Å². The highest BCUT2D eigenvalue weighted by atomic mass is 35.5. The summed E-state index contributed by atoms with van der Waals surface area (Å²) in [7, 11) is 1.52. The molecule has 0 aliphatic carbocycles. The molecule has 0 radical (unpaired) electrons. The van der Waals surface area contributed by atoms with Crippen LogP contribution in [0.4, 0.5) is 24.7 Å². The van der Waals surface area contributed by atoms with Gasteiger partial charge in [0, 0.05) is 37.9 Å². The predicted octanol–water partition coefficient (Wildman–Crippen LogP) is 3.91. The number of methoxy groups -OCH3 is 1. The van der Waals surface area contributed by atoms with Gasteiger partial charge in [-0.05, 0) is 18.2 Å². The van der Waals surface area contributed by atoms with E-state index in [-0.39, 0.29) is 45.8 Å². The fraction of sp³-hybridized carbons (Fsp3) is 0.227. The normalized spacial score (nSPS) is 11.4. The SMILES string of the molecule is COCCNC(=O)c1ccc(Nc2nccn3c(-c4cn(CC#N)nc4C(F)(F)F)cnc23)cc1Cl. The molecule has 1 aromatic carbocycles. The molecule has 36 heavy (non-hydrogen) atoms. The van der Waals surface area contributed by atoms with Crippen LogP contribution in [0.15, 0.2) is 43.0 Å². The van der Waals surface area contributed by atoms with Crippen molar-refractivity contribution >= 4 is 34.7 Å². The molecule has 0 saturated heterocycles. The topological polar surface area (TPSA) is 122 Å². The van der Waals surface area contributed by atoms with E-state index in [9.17, 15) is 18.0 Å². The lowest BCUT2D eigenvalue weighted by Gasteiger charge is -2.11. The van der Waals surface area contributed by atoms with Crippen LogP contribution in [-0.4, -0.2) is 50.3 Å². The predicted molar refractivity (Wildman–Crippen MR) is 124 cm³/mol. The lowest BCUT2D eigenvalue weighted by atomic mass is 10.2. The summed E-state index contributed by atoms with van der Waals surface area (Å²) in [6.07, 6.45) is 0.547. The van der Waals surface area contributed by atoms with E-state index >= 15 is 0 Å². The van der Waals surface area contributed by atoms with Gasteiger partial charge in [-0.25, -0.2) is 9.97 Å². The molecule has 14 heteroatoms. The van der Waals surface area contributed by atoms with Gasteiger partial charge in [0.2, 0.25) is 0 Å². The van der Waals surface area contributed by atoms with Crippen LogP contribution in [0.5, 0.6) is 0 Å². The first-order valence-electron chi connectivity index (χ1n) is 10.4. The molecule has 0 fully saturated rings. The number of imidazole rings is 1. The van der Waals surface area contributed by atoms with E-state index in [2.05, 4.69) is 25.7 Å². The van der Waals surface area contributed by atoms with Gasteiger partial charge >= 0.3 is 6.18 Å². The lowest BCUT2D eigenvalue weighted by molar-refractivity contribution is -0.141. The van der Waals surface area contributed by atoms with Crippen molar-refractivity contribution in [2.75, 3.05) is 25.6 Å². The summed E-state index contributed by atoms with van der Waals surface area (Å²) >= 11 is 6.28. The van der Waals surface area contributed by atoms with Crippen molar-refractivity contribution in [3.8, 4) is 17.3 Å². The van der Waals surface area contributed by atoms with Crippen LogP contribution in [-0.2, 0) is 17.5 Å². The molecule has 4 rings (SSSR count). The summed E-state index contributed by atoms with van der Waals surface area (Å²) in [5.41, 5.74) is -0.247. The van der Waals surface area contributed by atoms with Crippen LogP contribution >= 0.6 is 11.6 Å². The molecule has 186 valence electrons. The molecule has 4 aromatic rings. The Morgan fingerprint density at radius 3 is 2.81 bits per heavy atom. The fourth-order valence-corrected chi connectivity index (χ4v) is 3.72. The van der Waals surface area contributed by atoms with Gasteiger partial charge < -0.3 is 15.4 Å². The van der Waals surface area contributed by atoms with Gasteiger partial charge in [0.25, 0.3) is 5.91 Å². The van der Waals surface area contributed by atoms with Crippen LogP contribution in [0.1, 0.15) is 16.1 Å². The van der Waals surface area contributed by atoms with Gasteiger partial charge in [-0.3, -0.25) is 13.9 Å². The summed E-state index contributed by atoms with van der Waals surface area (Å²) in [4.78, 5) is 20.7. The standard InChI is InChI=1S/C22H18ClF3N8O2/c1-36-9-6-29-21(35)14-3-2-13(10-16(14)23)31-19-20-30-11-17(34(20)8-5-28-19)15-12-33(7-4-27)32-18(15)22(24,25)26/h2-3,5,8,10-12H,6-7,9H2,1H3,(H,28,31)(H,29,35). The number of benzene rings is 1. The van der Waals surface area contributed by atoms with E-state index in [0.29, 0.717) is 18.8 Å². The third-order valence-corrected chi connectivity index (χ3v) is 5.35. The third-order valence-electron chi connectivity index (χ3n) is 5.04. The highest BCUT2D eigenvalue weighted by molar-refractivity contribution is 6.34. The first-order valence-corrected chi connectivity index (χ1v) is 10.8. The number of halogens is 4. The number of hydrogen-bond donors (Lipinski definition) is 2. The highest BCUT2D eigenvalue weighted by Crippen LogP contribution is 2.37. The number of nitrogens with zero attached hydrogens (tertiary/aromatic N) is 6. The zero-order chi connectivity index (χ0) is 25.9. The van der Waals surface area contributed by atoms with E-state index in [4.69, 9.17) is 21.6 Å². The minimum Gasteiger partial charge on any atom is -0.383 e. The third kappa shape index (κ3) is 5.09. The summed E-state index contributed by atoms with van der Waals surface area (Å²) in [5, 5.41) is 18.3. The zero-order valence-electron chi connectivity index (χ0n) is 18.7. The van der Waals surface area contributed by atoms with E-state index in [1.165, 1.54) is 42.2 Å². The second kappa shape index (κ2) is 10.2. The average molecular weight is 519 g/mol. The van der Waals surface area contributed by atoms with Gasteiger partial charge in [-0.2, -0.15) is 23.5 Å². The number of carbonyl (C=O) groups excluding carboxylic acids is 1. The maximum Gasteiger partial charge on any atom is 0.435 e. The molecular formula is C22H18ClF3N8O2. The smallest absolute Gasteiger partial charge is 0.383 e. The second-order valence-corrected chi connectivity index (χ2v) is 7.83. The molecule has 3 aromatic heterocycles. The fourth-order valence-electron chi connectivity index (χ4n) is 3.45. The number of hydrogen-bond acceptors (Lipinski definition) is 7. The second-order valence-electron chi connectivity index (χ2n) is 7.43. The van der Waals surface area contributed by atoms with Crippen molar-refractivity contribution in [3.63, 3.8) is 0 Å². The van der Waals surface area contributed by atoms with Gasteiger partial charge in [0.15, 0.2) is 17.2 Å². The van der Waals surface area contributed by atoms with E-state index in [1.54, 1.807) is 12.1 Å². The summed E-state index contributed by atoms with van der Waals surface area (Å²) in [5.74, 6) is -0.116. The molecule has 0 bridgehead atoms. The number of nitrogens with one attached hydrogen (secondary N) is 2. The maximum absolute atomic E-state index is 13.6. The minimum absolute atomic E-state index is 0.119. The number of ether oxygens (including phenoxy) is 1. The van der Waals surface area contributed by atoms with Crippen molar-refractivity contribution in [1.29, 1.82) is 5.26 Å². The largest absolute Gasteiger partial charge is 0.435 e. The Balaban J connectivity index is 1.65. The van der Waals surface area contributed by atoms with E-state index < -0.39 is 11.9 Å². The molecule has 0 saturated carbocycles. The Hall–Kier alpha value is -4.15. The van der Waals surface area contributed by atoms with Crippen LogP contribution in [0.2, 0.25) is 5.02 Å². The van der Waals surface area contributed by atoms with Crippen LogP contribution in [0.3, 0.4) is 0 Å². The maximum atomic E-state index is 13.6. The lowest BCUT2D eigenvalue weighted by Crippen LogP contribution is -2.27. The van der Waals surface area contributed by atoms with Crippen molar-refractivity contribution in [1.82, 2.24) is 29.5 Å². The Morgan fingerprint density at radius 1 is 1.31 bits per heavy atom. The number of rotatable bonds is 8. The number of carbonyl (C=O) groups is 1. The quantitative estimate of drug-likeness (QED) is 0.339. The van der Waals surface area contributed by atoms with Crippen LogP contribution < -0.4 is 10.6 Å². The summed E-state index contributed by atoms with van der Waals surface area (Å²) < 4.78 is 48.1. The number of amides is 1. The van der Waals surface area contributed by atoms with Crippen LogP contribution in [0.25, 0.3) is 16.9 Å². The molecule has 2 N–H and O–H groups in total. The van der Waals surface area contributed by atoms with Gasteiger partial charge in [-0.1, -0.05) is 11.6 Å². The van der Waals surface area contributed by atoms with Crippen molar-refractivity contribution in [2.45, 2.75) is 12.7 Å². The Labute approximate surface area is 207 Å². The molecule has 0 spiro atoms. The van der Waals surface area contributed by atoms with Gasteiger partial charge in [0.05, 0.1) is 40.7 Å². The van der Waals surface area contributed by atoms with E-state index in [1.807, 2.05) is 0 Å². The molecule has 10 nitrogen and oxygen atoms in total. The van der Waals surface area contributed by atoms with Crippen molar-refractivity contribution < 1.29 is 22.7 Å². The van der Waals surface area contributed by atoms with E-state index in [0.717, 1.165) is 10.9 Å². The minimum atomic E-state index is -4.73.